The predicted octanol–water partition coefficient (Wildman–Crippen LogP) is 4.58. The van der Waals surface area contributed by atoms with Gasteiger partial charge < -0.3 is 14.2 Å². The molecule has 0 amide bonds. The van der Waals surface area contributed by atoms with E-state index in [4.69, 9.17) is 14.2 Å². The maximum absolute atomic E-state index is 5.51. The van der Waals surface area contributed by atoms with Crippen LogP contribution in [0.2, 0.25) is 0 Å². The van der Waals surface area contributed by atoms with Crippen molar-refractivity contribution >= 4 is 15.9 Å². The second kappa shape index (κ2) is 6.51. The SMILES string of the molecule is COc1ccc(C(Br)CC(C)(C)C)c(OC)c1OC. The lowest BCUT2D eigenvalue weighted by Crippen LogP contribution is -2.09. The number of hydrogen-bond donors (Lipinski definition) is 0. The van der Waals surface area contributed by atoms with Gasteiger partial charge in [-0.2, -0.15) is 0 Å². The molecule has 0 fully saturated rings. The van der Waals surface area contributed by atoms with Gasteiger partial charge in [-0.3, -0.25) is 0 Å². The first-order valence-electron chi connectivity index (χ1n) is 6.27. The summed E-state index contributed by atoms with van der Waals surface area (Å²) >= 11 is 3.75. The highest BCUT2D eigenvalue weighted by molar-refractivity contribution is 9.09. The van der Waals surface area contributed by atoms with Crippen molar-refractivity contribution in [3.05, 3.63) is 17.7 Å². The number of benzene rings is 1. The molecule has 3 nitrogen and oxygen atoms in total. The van der Waals surface area contributed by atoms with Crippen molar-refractivity contribution in [1.29, 1.82) is 0 Å². The van der Waals surface area contributed by atoms with Crippen LogP contribution in [0.3, 0.4) is 0 Å². The first kappa shape index (κ1) is 16.2. The Hall–Kier alpha value is -0.900. The molecule has 1 atom stereocenters. The van der Waals surface area contributed by atoms with Crippen LogP contribution in [0.4, 0.5) is 0 Å². The van der Waals surface area contributed by atoms with Crippen LogP contribution in [-0.2, 0) is 0 Å². The monoisotopic (exact) mass is 330 g/mol. The second-order valence-electron chi connectivity index (χ2n) is 5.66. The predicted molar refractivity (Wildman–Crippen MR) is 81.8 cm³/mol. The van der Waals surface area contributed by atoms with E-state index in [1.807, 2.05) is 12.1 Å². The average molecular weight is 331 g/mol. The van der Waals surface area contributed by atoms with Crippen molar-refractivity contribution in [3.63, 3.8) is 0 Å². The maximum Gasteiger partial charge on any atom is 0.203 e. The average Bonchev–Trinajstić information content (AvgIpc) is 2.34. The summed E-state index contributed by atoms with van der Waals surface area (Å²) in [5.74, 6) is 2.05. The summed E-state index contributed by atoms with van der Waals surface area (Å²) in [7, 11) is 4.90. The Bertz CT molecular complexity index is 424. The van der Waals surface area contributed by atoms with E-state index in [0.717, 1.165) is 17.7 Å². The normalized spacial score (nSPS) is 13.0. The van der Waals surface area contributed by atoms with E-state index >= 15 is 0 Å². The fraction of sp³-hybridized carbons (Fsp3) is 0.600. The van der Waals surface area contributed by atoms with E-state index in [1.165, 1.54) is 0 Å². The highest BCUT2D eigenvalue weighted by atomic mass is 79.9. The van der Waals surface area contributed by atoms with Gasteiger partial charge in [-0.15, -0.1) is 0 Å². The van der Waals surface area contributed by atoms with Gasteiger partial charge in [0.1, 0.15) is 0 Å². The van der Waals surface area contributed by atoms with Crippen LogP contribution in [0.5, 0.6) is 17.2 Å². The minimum absolute atomic E-state index is 0.210. The highest BCUT2D eigenvalue weighted by Crippen LogP contribution is 2.46. The van der Waals surface area contributed by atoms with Gasteiger partial charge in [-0.1, -0.05) is 42.8 Å². The Kier molecular flexibility index (Phi) is 5.53. The third kappa shape index (κ3) is 4.03. The Morgan fingerprint density at radius 1 is 1.00 bits per heavy atom. The molecule has 0 aromatic heterocycles. The van der Waals surface area contributed by atoms with Gasteiger partial charge in [-0.25, -0.2) is 0 Å². The molecule has 0 aliphatic rings. The first-order chi connectivity index (χ1) is 8.84. The van der Waals surface area contributed by atoms with Gasteiger partial charge in [0.25, 0.3) is 0 Å². The Balaban J connectivity index is 3.21. The Labute approximate surface area is 124 Å². The zero-order valence-electron chi connectivity index (χ0n) is 12.5. The van der Waals surface area contributed by atoms with Crippen molar-refractivity contribution < 1.29 is 14.2 Å². The summed E-state index contributed by atoms with van der Waals surface area (Å²) in [6.45, 7) is 6.65. The van der Waals surface area contributed by atoms with Crippen LogP contribution in [0.25, 0.3) is 0 Å². The Morgan fingerprint density at radius 2 is 1.58 bits per heavy atom. The molecule has 0 heterocycles. The largest absolute Gasteiger partial charge is 0.493 e. The van der Waals surface area contributed by atoms with Crippen molar-refractivity contribution in [2.45, 2.75) is 32.0 Å². The van der Waals surface area contributed by atoms with Crippen molar-refractivity contribution in [3.8, 4) is 17.2 Å². The number of alkyl halides is 1. The van der Waals surface area contributed by atoms with E-state index in [1.54, 1.807) is 21.3 Å². The number of hydrogen-bond acceptors (Lipinski definition) is 3. The number of rotatable bonds is 5. The van der Waals surface area contributed by atoms with Gasteiger partial charge in [0.05, 0.1) is 21.3 Å². The molecule has 1 unspecified atom stereocenters. The number of halogens is 1. The van der Waals surface area contributed by atoms with Crippen LogP contribution in [0.1, 0.15) is 37.6 Å². The third-order valence-corrected chi connectivity index (χ3v) is 3.68. The summed E-state index contributed by atoms with van der Waals surface area (Å²) in [6.07, 6.45) is 0.999. The van der Waals surface area contributed by atoms with E-state index in [-0.39, 0.29) is 10.2 Å². The molecule has 0 aliphatic carbocycles. The fourth-order valence-corrected chi connectivity index (χ4v) is 3.35. The maximum atomic E-state index is 5.51. The molecule has 0 saturated heterocycles. The lowest BCUT2D eigenvalue weighted by Gasteiger charge is -2.24. The van der Waals surface area contributed by atoms with Crippen molar-refractivity contribution in [2.24, 2.45) is 5.41 Å². The van der Waals surface area contributed by atoms with Gasteiger partial charge in [0.2, 0.25) is 5.75 Å². The molecule has 108 valence electrons. The van der Waals surface area contributed by atoms with Crippen LogP contribution >= 0.6 is 15.9 Å². The van der Waals surface area contributed by atoms with Crippen LogP contribution < -0.4 is 14.2 Å². The Morgan fingerprint density at radius 3 is 2.00 bits per heavy atom. The molecule has 0 bridgehead atoms. The molecule has 1 aromatic carbocycles. The molecule has 0 spiro atoms. The highest BCUT2D eigenvalue weighted by Gasteiger charge is 2.24. The molecule has 19 heavy (non-hydrogen) atoms. The van der Waals surface area contributed by atoms with Crippen LogP contribution in [0.15, 0.2) is 12.1 Å². The minimum atomic E-state index is 0.210. The molecule has 0 radical (unpaired) electrons. The standard InChI is InChI=1S/C15H23BrO3/c1-15(2,3)9-11(16)10-7-8-12(17-4)14(19-6)13(10)18-5/h7-8,11H,9H2,1-6H3. The molecular weight excluding hydrogens is 308 g/mol. The summed E-state index contributed by atoms with van der Waals surface area (Å²) in [6, 6.07) is 3.93. The van der Waals surface area contributed by atoms with Gasteiger partial charge >= 0.3 is 0 Å². The summed E-state index contributed by atoms with van der Waals surface area (Å²) in [5.41, 5.74) is 1.31. The van der Waals surface area contributed by atoms with E-state index in [2.05, 4.69) is 36.7 Å². The van der Waals surface area contributed by atoms with Crippen molar-refractivity contribution in [2.75, 3.05) is 21.3 Å². The molecule has 0 saturated carbocycles. The van der Waals surface area contributed by atoms with E-state index < -0.39 is 0 Å². The molecule has 0 N–H and O–H groups in total. The fourth-order valence-electron chi connectivity index (χ4n) is 2.02. The van der Waals surface area contributed by atoms with Gasteiger partial charge in [0, 0.05) is 10.4 Å². The third-order valence-electron chi connectivity index (χ3n) is 2.86. The summed E-state index contributed by atoms with van der Waals surface area (Å²) < 4.78 is 16.2. The number of ether oxygens (including phenoxy) is 3. The van der Waals surface area contributed by atoms with E-state index in [0.29, 0.717) is 11.5 Å². The molecular formula is C15H23BrO3. The minimum Gasteiger partial charge on any atom is -0.493 e. The first-order valence-corrected chi connectivity index (χ1v) is 7.18. The van der Waals surface area contributed by atoms with Gasteiger partial charge in [0.15, 0.2) is 11.5 Å². The lowest BCUT2D eigenvalue weighted by molar-refractivity contribution is 0.319. The zero-order valence-corrected chi connectivity index (χ0v) is 14.1. The smallest absolute Gasteiger partial charge is 0.203 e. The molecule has 1 rings (SSSR count). The lowest BCUT2D eigenvalue weighted by atomic mass is 9.88. The molecule has 1 aromatic rings. The summed E-state index contributed by atoms with van der Waals surface area (Å²) in [4.78, 5) is 0.210. The quantitative estimate of drug-likeness (QED) is 0.739. The summed E-state index contributed by atoms with van der Waals surface area (Å²) in [5, 5.41) is 0. The molecule has 0 aliphatic heterocycles. The molecule has 4 heteroatoms. The number of methoxy groups -OCH3 is 3. The van der Waals surface area contributed by atoms with E-state index in [9.17, 15) is 0 Å². The zero-order chi connectivity index (χ0) is 14.6. The van der Waals surface area contributed by atoms with Crippen LogP contribution in [-0.4, -0.2) is 21.3 Å². The van der Waals surface area contributed by atoms with Gasteiger partial charge in [-0.05, 0) is 17.9 Å². The second-order valence-corrected chi connectivity index (χ2v) is 6.76. The van der Waals surface area contributed by atoms with Crippen LogP contribution in [0, 0.1) is 5.41 Å². The van der Waals surface area contributed by atoms with Crippen molar-refractivity contribution in [1.82, 2.24) is 0 Å². The topological polar surface area (TPSA) is 27.7 Å².